The van der Waals surface area contributed by atoms with E-state index in [-0.39, 0.29) is 11.9 Å². The molecular weight excluding hydrogens is 234 g/mol. The summed E-state index contributed by atoms with van der Waals surface area (Å²) < 4.78 is 1.65. The number of rotatable bonds is 4. The Balaban J connectivity index is 1.92. The molecule has 1 amide bonds. The SMILES string of the molecule is Cc1ccsc1CNC(=O)C(C)n1cccn1. The predicted octanol–water partition coefficient (Wildman–Crippen LogP) is 2.13. The molecule has 2 aromatic heterocycles. The van der Waals surface area contributed by atoms with E-state index in [0.29, 0.717) is 6.54 Å². The third kappa shape index (κ3) is 2.74. The van der Waals surface area contributed by atoms with Crippen LogP contribution in [0.4, 0.5) is 0 Å². The summed E-state index contributed by atoms with van der Waals surface area (Å²) in [6, 6.07) is 3.60. The molecule has 0 radical (unpaired) electrons. The van der Waals surface area contributed by atoms with Crippen LogP contribution in [0.25, 0.3) is 0 Å². The van der Waals surface area contributed by atoms with Gasteiger partial charge in [0.2, 0.25) is 5.91 Å². The number of carbonyl (C=O) groups excluding carboxylic acids is 1. The molecular formula is C12H15N3OS. The lowest BCUT2D eigenvalue weighted by atomic mass is 10.2. The molecule has 0 aliphatic rings. The average Bonchev–Trinajstić information content (AvgIpc) is 2.96. The summed E-state index contributed by atoms with van der Waals surface area (Å²) in [6.07, 6.45) is 3.47. The number of hydrogen-bond donors (Lipinski definition) is 1. The van der Waals surface area contributed by atoms with E-state index < -0.39 is 0 Å². The van der Waals surface area contributed by atoms with E-state index in [9.17, 15) is 4.79 Å². The van der Waals surface area contributed by atoms with Crippen LogP contribution in [0.2, 0.25) is 0 Å². The Kier molecular flexibility index (Phi) is 3.58. The third-order valence-electron chi connectivity index (χ3n) is 2.69. The summed E-state index contributed by atoms with van der Waals surface area (Å²) in [7, 11) is 0. The number of nitrogens with one attached hydrogen (secondary N) is 1. The second-order valence-corrected chi connectivity index (χ2v) is 4.91. The Morgan fingerprint density at radius 2 is 2.47 bits per heavy atom. The third-order valence-corrected chi connectivity index (χ3v) is 3.72. The van der Waals surface area contributed by atoms with E-state index >= 15 is 0 Å². The largest absolute Gasteiger partial charge is 0.349 e. The fourth-order valence-electron chi connectivity index (χ4n) is 1.53. The standard InChI is InChI=1S/C12H15N3OS/c1-9-4-7-17-11(9)8-13-12(16)10(2)15-6-3-5-14-15/h3-7,10H,8H2,1-2H3,(H,13,16). The molecule has 0 saturated heterocycles. The first-order chi connectivity index (χ1) is 8.18. The molecule has 0 spiro atoms. The molecule has 2 heterocycles. The van der Waals surface area contributed by atoms with Crippen molar-refractivity contribution in [1.82, 2.24) is 15.1 Å². The molecule has 0 saturated carbocycles. The molecule has 2 aromatic rings. The maximum atomic E-state index is 11.9. The van der Waals surface area contributed by atoms with Crippen LogP contribution < -0.4 is 5.32 Å². The molecule has 90 valence electrons. The minimum atomic E-state index is -0.273. The van der Waals surface area contributed by atoms with Gasteiger partial charge in [-0.2, -0.15) is 5.10 Å². The minimum Gasteiger partial charge on any atom is -0.349 e. The van der Waals surface area contributed by atoms with Gasteiger partial charge in [-0.25, -0.2) is 0 Å². The summed E-state index contributed by atoms with van der Waals surface area (Å²) in [6.45, 7) is 4.48. The smallest absolute Gasteiger partial charge is 0.244 e. The molecule has 4 nitrogen and oxygen atoms in total. The van der Waals surface area contributed by atoms with Crippen LogP contribution in [-0.2, 0) is 11.3 Å². The van der Waals surface area contributed by atoms with Gasteiger partial charge in [-0.3, -0.25) is 9.48 Å². The summed E-state index contributed by atoms with van der Waals surface area (Å²) >= 11 is 1.66. The van der Waals surface area contributed by atoms with Gasteiger partial charge in [0.25, 0.3) is 0 Å². The summed E-state index contributed by atoms with van der Waals surface area (Å²) in [5.74, 6) is -0.0125. The van der Waals surface area contributed by atoms with Crippen LogP contribution in [-0.4, -0.2) is 15.7 Å². The predicted molar refractivity (Wildman–Crippen MR) is 67.8 cm³/mol. The van der Waals surface area contributed by atoms with Crippen molar-refractivity contribution in [3.8, 4) is 0 Å². The van der Waals surface area contributed by atoms with Crippen molar-refractivity contribution in [3.05, 3.63) is 40.3 Å². The first-order valence-electron chi connectivity index (χ1n) is 5.48. The average molecular weight is 249 g/mol. The highest BCUT2D eigenvalue weighted by Crippen LogP contribution is 2.15. The molecule has 17 heavy (non-hydrogen) atoms. The first-order valence-corrected chi connectivity index (χ1v) is 6.36. The zero-order chi connectivity index (χ0) is 12.3. The lowest BCUT2D eigenvalue weighted by Gasteiger charge is -2.12. The topological polar surface area (TPSA) is 46.9 Å². The van der Waals surface area contributed by atoms with Crippen molar-refractivity contribution >= 4 is 17.2 Å². The maximum Gasteiger partial charge on any atom is 0.244 e. The maximum absolute atomic E-state index is 11.9. The fraction of sp³-hybridized carbons (Fsp3) is 0.333. The van der Waals surface area contributed by atoms with Gasteiger partial charge in [0.1, 0.15) is 6.04 Å². The Morgan fingerprint density at radius 3 is 3.06 bits per heavy atom. The van der Waals surface area contributed by atoms with Gasteiger partial charge in [-0.15, -0.1) is 11.3 Å². The number of aromatic nitrogens is 2. The number of hydrogen-bond acceptors (Lipinski definition) is 3. The Labute approximate surface area is 104 Å². The molecule has 0 aromatic carbocycles. The normalized spacial score (nSPS) is 12.4. The van der Waals surface area contributed by atoms with E-state index in [1.54, 1.807) is 28.4 Å². The minimum absolute atomic E-state index is 0.0125. The Bertz CT molecular complexity index is 490. The number of aryl methyl sites for hydroxylation is 1. The van der Waals surface area contributed by atoms with E-state index in [4.69, 9.17) is 0 Å². The van der Waals surface area contributed by atoms with Gasteiger partial charge in [0.05, 0.1) is 6.54 Å². The number of thiophene rings is 1. The van der Waals surface area contributed by atoms with Crippen LogP contribution in [0.5, 0.6) is 0 Å². The molecule has 0 bridgehead atoms. The van der Waals surface area contributed by atoms with Crippen LogP contribution >= 0.6 is 11.3 Å². The monoisotopic (exact) mass is 249 g/mol. The zero-order valence-electron chi connectivity index (χ0n) is 9.88. The highest BCUT2D eigenvalue weighted by atomic mass is 32.1. The highest BCUT2D eigenvalue weighted by Gasteiger charge is 2.14. The first kappa shape index (κ1) is 11.9. The van der Waals surface area contributed by atoms with Crippen molar-refractivity contribution in [2.75, 3.05) is 0 Å². The van der Waals surface area contributed by atoms with Gasteiger partial charge >= 0.3 is 0 Å². The number of carbonyl (C=O) groups is 1. The molecule has 1 atom stereocenters. The van der Waals surface area contributed by atoms with Crippen molar-refractivity contribution in [1.29, 1.82) is 0 Å². The van der Waals surface area contributed by atoms with Crippen LogP contribution in [0.15, 0.2) is 29.9 Å². The zero-order valence-corrected chi connectivity index (χ0v) is 10.7. The molecule has 2 rings (SSSR count). The van der Waals surface area contributed by atoms with Crippen LogP contribution in [0.3, 0.4) is 0 Å². The molecule has 1 N–H and O–H groups in total. The summed E-state index contributed by atoms with van der Waals surface area (Å²) in [5.41, 5.74) is 1.22. The second-order valence-electron chi connectivity index (χ2n) is 3.91. The quantitative estimate of drug-likeness (QED) is 0.902. The van der Waals surface area contributed by atoms with Crippen LogP contribution in [0.1, 0.15) is 23.4 Å². The van der Waals surface area contributed by atoms with Crippen molar-refractivity contribution < 1.29 is 4.79 Å². The lowest BCUT2D eigenvalue weighted by molar-refractivity contribution is -0.124. The second kappa shape index (κ2) is 5.14. The van der Waals surface area contributed by atoms with Crippen molar-refractivity contribution in [2.24, 2.45) is 0 Å². The highest BCUT2D eigenvalue weighted by molar-refractivity contribution is 7.10. The lowest BCUT2D eigenvalue weighted by Crippen LogP contribution is -2.30. The number of nitrogens with zero attached hydrogens (tertiary/aromatic N) is 2. The Morgan fingerprint density at radius 1 is 1.65 bits per heavy atom. The fourth-order valence-corrected chi connectivity index (χ4v) is 2.38. The molecule has 0 aliphatic heterocycles. The van der Waals surface area contributed by atoms with Gasteiger partial charge in [0, 0.05) is 17.3 Å². The van der Waals surface area contributed by atoms with Gasteiger partial charge in [-0.05, 0) is 36.9 Å². The van der Waals surface area contributed by atoms with Gasteiger partial charge in [0.15, 0.2) is 0 Å². The van der Waals surface area contributed by atoms with Gasteiger partial charge < -0.3 is 5.32 Å². The van der Waals surface area contributed by atoms with E-state index in [1.165, 1.54) is 10.4 Å². The molecule has 0 aliphatic carbocycles. The number of amides is 1. The van der Waals surface area contributed by atoms with E-state index in [2.05, 4.69) is 23.4 Å². The summed E-state index contributed by atoms with van der Waals surface area (Å²) in [5, 5.41) is 9.02. The van der Waals surface area contributed by atoms with E-state index in [0.717, 1.165) is 0 Å². The van der Waals surface area contributed by atoms with Gasteiger partial charge in [-0.1, -0.05) is 0 Å². The molecule has 5 heteroatoms. The van der Waals surface area contributed by atoms with Crippen molar-refractivity contribution in [3.63, 3.8) is 0 Å². The molecule has 0 fully saturated rings. The van der Waals surface area contributed by atoms with Crippen LogP contribution in [0, 0.1) is 6.92 Å². The van der Waals surface area contributed by atoms with E-state index in [1.807, 2.05) is 18.4 Å². The van der Waals surface area contributed by atoms with Crippen molar-refractivity contribution in [2.45, 2.75) is 26.4 Å². The molecule has 1 unspecified atom stereocenters. The summed E-state index contributed by atoms with van der Waals surface area (Å²) in [4.78, 5) is 13.1. The Hall–Kier alpha value is -1.62.